The first-order valence-corrected chi connectivity index (χ1v) is 5.61. The number of methoxy groups -OCH3 is 1. The van der Waals surface area contributed by atoms with Crippen LogP contribution in [0, 0.1) is 6.92 Å². The Morgan fingerprint density at radius 3 is 3.00 bits per heavy atom. The van der Waals surface area contributed by atoms with E-state index < -0.39 is 0 Å². The summed E-state index contributed by atoms with van der Waals surface area (Å²) in [5.74, 6) is 0. The molecule has 1 aliphatic rings. The van der Waals surface area contributed by atoms with Crippen molar-refractivity contribution in [2.45, 2.75) is 31.8 Å². The summed E-state index contributed by atoms with van der Waals surface area (Å²) in [5.41, 5.74) is 2.75. The van der Waals surface area contributed by atoms with Crippen LogP contribution in [0.3, 0.4) is 0 Å². The maximum Gasteiger partial charge on any atom is 0.0616 e. The molecule has 0 amide bonds. The van der Waals surface area contributed by atoms with Crippen molar-refractivity contribution in [1.82, 2.24) is 5.32 Å². The number of benzene rings is 1. The number of hydrogen-bond donors (Lipinski definition) is 1. The fourth-order valence-corrected chi connectivity index (χ4v) is 2.30. The van der Waals surface area contributed by atoms with Crippen LogP contribution in [0.1, 0.15) is 30.0 Å². The maximum atomic E-state index is 5.17. The van der Waals surface area contributed by atoms with Crippen molar-refractivity contribution in [3.8, 4) is 0 Å². The predicted molar refractivity (Wildman–Crippen MR) is 62.0 cm³/mol. The minimum atomic E-state index is 0.519. The Morgan fingerprint density at radius 1 is 1.40 bits per heavy atom. The molecular weight excluding hydrogens is 186 g/mol. The zero-order valence-corrected chi connectivity index (χ0v) is 9.49. The standard InChI is InChI=1S/C13H19NO/c1-10-4-3-5-11(8-10)13-7-6-12(14-13)9-15-2/h3-5,8,12-14H,6-7,9H2,1-2H3. The van der Waals surface area contributed by atoms with Crippen molar-refractivity contribution in [1.29, 1.82) is 0 Å². The van der Waals surface area contributed by atoms with Crippen molar-refractivity contribution < 1.29 is 4.74 Å². The van der Waals surface area contributed by atoms with Gasteiger partial charge in [-0.1, -0.05) is 29.8 Å². The highest BCUT2D eigenvalue weighted by atomic mass is 16.5. The maximum absolute atomic E-state index is 5.17. The van der Waals surface area contributed by atoms with Crippen LogP contribution in [0.25, 0.3) is 0 Å². The van der Waals surface area contributed by atoms with Gasteiger partial charge in [0.2, 0.25) is 0 Å². The van der Waals surface area contributed by atoms with E-state index in [-0.39, 0.29) is 0 Å². The quantitative estimate of drug-likeness (QED) is 0.818. The molecule has 2 nitrogen and oxygen atoms in total. The normalized spacial score (nSPS) is 25.7. The second-order valence-electron chi connectivity index (χ2n) is 4.36. The highest BCUT2D eigenvalue weighted by Crippen LogP contribution is 2.26. The van der Waals surface area contributed by atoms with E-state index in [1.165, 1.54) is 24.0 Å². The zero-order valence-electron chi connectivity index (χ0n) is 9.49. The molecule has 2 atom stereocenters. The second-order valence-corrected chi connectivity index (χ2v) is 4.36. The molecule has 1 N–H and O–H groups in total. The average molecular weight is 205 g/mol. The molecule has 0 radical (unpaired) electrons. The molecule has 1 heterocycles. The molecule has 2 unspecified atom stereocenters. The molecule has 1 saturated heterocycles. The number of rotatable bonds is 3. The molecule has 0 spiro atoms. The Balaban J connectivity index is 2.01. The first kappa shape index (κ1) is 10.7. The molecular formula is C13H19NO. The molecule has 0 saturated carbocycles. The van der Waals surface area contributed by atoms with E-state index in [1.807, 2.05) is 0 Å². The highest BCUT2D eigenvalue weighted by molar-refractivity contribution is 5.25. The van der Waals surface area contributed by atoms with Gasteiger partial charge in [0.25, 0.3) is 0 Å². The molecule has 2 rings (SSSR count). The van der Waals surface area contributed by atoms with E-state index in [0.29, 0.717) is 12.1 Å². The van der Waals surface area contributed by atoms with Crippen LogP contribution in [0.5, 0.6) is 0 Å². The summed E-state index contributed by atoms with van der Waals surface area (Å²) in [7, 11) is 1.77. The van der Waals surface area contributed by atoms with Crippen LogP contribution in [-0.2, 0) is 4.74 Å². The third-order valence-corrected chi connectivity index (χ3v) is 3.05. The van der Waals surface area contributed by atoms with Crippen molar-refractivity contribution in [3.05, 3.63) is 35.4 Å². The van der Waals surface area contributed by atoms with E-state index in [9.17, 15) is 0 Å². The van der Waals surface area contributed by atoms with Gasteiger partial charge in [-0.3, -0.25) is 0 Å². The minimum Gasteiger partial charge on any atom is -0.383 e. The van der Waals surface area contributed by atoms with Crippen molar-refractivity contribution in [2.24, 2.45) is 0 Å². The summed E-state index contributed by atoms with van der Waals surface area (Å²) < 4.78 is 5.17. The zero-order chi connectivity index (χ0) is 10.7. The van der Waals surface area contributed by atoms with Crippen molar-refractivity contribution >= 4 is 0 Å². The number of nitrogens with one attached hydrogen (secondary N) is 1. The molecule has 0 bridgehead atoms. The Morgan fingerprint density at radius 2 is 2.27 bits per heavy atom. The van der Waals surface area contributed by atoms with Crippen molar-refractivity contribution in [2.75, 3.05) is 13.7 Å². The highest BCUT2D eigenvalue weighted by Gasteiger charge is 2.24. The Kier molecular flexibility index (Phi) is 3.39. The van der Waals surface area contributed by atoms with Gasteiger partial charge in [0.1, 0.15) is 0 Å². The van der Waals surface area contributed by atoms with Crippen molar-refractivity contribution in [3.63, 3.8) is 0 Å². The lowest BCUT2D eigenvalue weighted by molar-refractivity contribution is 0.172. The van der Waals surface area contributed by atoms with Gasteiger partial charge in [-0.25, -0.2) is 0 Å². The number of ether oxygens (including phenoxy) is 1. The van der Waals surface area contributed by atoms with Crippen LogP contribution in [0.15, 0.2) is 24.3 Å². The molecule has 0 aliphatic carbocycles. The fourth-order valence-electron chi connectivity index (χ4n) is 2.30. The Hall–Kier alpha value is -0.860. The van der Waals surface area contributed by atoms with E-state index in [2.05, 4.69) is 36.5 Å². The first-order chi connectivity index (χ1) is 7.29. The minimum absolute atomic E-state index is 0.519. The molecule has 1 aromatic rings. The number of hydrogen-bond acceptors (Lipinski definition) is 2. The van der Waals surface area contributed by atoms with Gasteiger partial charge < -0.3 is 10.1 Å². The van der Waals surface area contributed by atoms with Crippen LogP contribution in [-0.4, -0.2) is 19.8 Å². The van der Waals surface area contributed by atoms with Gasteiger partial charge in [0.15, 0.2) is 0 Å². The molecule has 0 aromatic heterocycles. The summed E-state index contributed by atoms with van der Waals surface area (Å²) in [5, 5.41) is 3.61. The van der Waals surface area contributed by atoms with Crippen LogP contribution in [0.2, 0.25) is 0 Å². The SMILES string of the molecule is COCC1CCC(c2cccc(C)c2)N1. The summed E-state index contributed by atoms with van der Waals surface area (Å²) in [6, 6.07) is 9.80. The predicted octanol–water partition coefficient (Wildman–Crippen LogP) is 2.43. The van der Waals surface area contributed by atoms with E-state index in [1.54, 1.807) is 7.11 Å². The summed E-state index contributed by atoms with van der Waals surface area (Å²) in [4.78, 5) is 0. The Bertz CT molecular complexity index is 324. The van der Waals surface area contributed by atoms with E-state index in [0.717, 1.165) is 6.61 Å². The lowest BCUT2D eigenvalue weighted by Crippen LogP contribution is -2.28. The Labute approximate surface area is 91.6 Å². The topological polar surface area (TPSA) is 21.3 Å². The summed E-state index contributed by atoms with van der Waals surface area (Å²) >= 11 is 0. The third kappa shape index (κ3) is 2.58. The monoisotopic (exact) mass is 205 g/mol. The molecule has 1 aliphatic heterocycles. The van der Waals surface area contributed by atoms with Gasteiger partial charge in [-0.15, -0.1) is 0 Å². The molecule has 15 heavy (non-hydrogen) atoms. The summed E-state index contributed by atoms with van der Waals surface area (Å²) in [6.45, 7) is 2.97. The molecule has 1 fully saturated rings. The molecule has 1 aromatic carbocycles. The van der Waals surface area contributed by atoms with Crippen LogP contribution in [0.4, 0.5) is 0 Å². The van der Waals surface area contributed by atoms with Crippen LogP contribution >= 0.6 is 0 Å². The van der Waals surface area contributed by atoms with E-state index >= 15 is 0 Å². The smallest absolute Gasteiger partial charge is 0.0616 e. The lowest BCUT2D eigenvalue weighted by atomic mass is 10.0. The largest absolute Gasteiger partial charge is 0.383 e. The first-order valence-electron chi connectivity index (χ1n) is 5.61. The average Bonchev–Trinajstić information content (AvgIpc) is 2.67. The third-order valence-electron chi connectivity index (χ3n) is 3.05. The molecule has 82 valence electrons. The molecule has 2 heteroatoms. The van der Waals surface area contributed by atoms with Gasteiger partial charge in [0, 0.05) is 19.2 Å². The lowest BCUT2D eigenvalue weighted by Gasteiger charge is -2.14. The van der Waals surface area contributed by atoms with E-state index in [4.69, 9.17) is 4.74 Å². The van der Waals surface area contributed by atoms with Gasteiger partial charge >= 0.3 is 0 Å². The fraction of sp³-hybridized carbons (Fsp3) is 0.538. The van der Waals surface area contributed by atoms with Gasteiger partial charge in [-0.2, -0.15) is 0 Å². The second kappa shape index (κ2) is 4.77. The van der Waals surface area contributed by atoms with Crippen LogP contribution < -0.4 is 5.32 Å². The number of aryl methyl sites for hydroxylation is 1. The van der Waals surface area contributed by atoms with Gasteiger partial charge in [0.05, 0.1) is 6.61 Å². The summed E-state index contributed by atoms with van der Waals surface area (Å²) in [6.07, 6.45) is 2.43. The van der Waals surface area contributed by atoms with Gasteiger partial charge in [-0.05, 0) is 25.3 Å².